The molecule has 2 saturated heterocycles. The summed E-state index contributed by atoms with van der Waals surface area (Å²) in [5.74, 6) is -0.924. The van der Waals surface area contributed by atoms with Crippen LogP contribution in [0.15, 0.2) is 24.3 Å². The van der Waals surface area contributed by atoms with Gasteiger partial charge in [0.05, 0.1) is 24.2 Å². The molecule has 0 bridgehead atoms. The van der Waals surface area contributed by atoms with Crippen LogP contribution < -0.4 is 0 Å². The van der Waals surface area contributed by atoms with Crippen molar-refractivity contribution in [2.24, 2.45) is 0 Å². The third-order valence-electron chi connectivity index (χ3n) is 5.15. The summed E-state index contributed by atoms with van der Waals surface area (Å²) in [5, 5.41) is 0.567. The van der Waals surface area contributed by atoms with Gasteiger partial charge in [-0.3, -0.25) is 19.4 Å². The predicted molar refractivity (Wildman–Crippen MR) is 95.5 cm³/mol. The monoisotopic (exact) mass is 370 g/mol. The van der Waals surface area contributed by atoms with Crippen molar-refractivity contribution in [3.63, 3.8) is 0 Å². The van der Waals surface area contributed by atoms with E-state index < -0.39 is 11.9 Å². The first-order valence-electron chi connectivity index (χ1n) is 8.76. The molecule has 7 nitrogen and oxygen atoms in total. The van der Waals surface area contributed by atoms with Gasteiger partial charge in [0.2, 0.25) is 11.8 Å². The summed E-state index contributed by atoms with van der Waals surface area (Å²) in [5.41, 5.74) is 1.45. The minimum Gasteiger partial charge on any atom is -0.335 e. The molecule has 2 aromatic rings. The van der Waals surface area contributed by atoms with E-state index in [0.29, 0.717) is 35.2 Å². The standard InChI is InChI=1S/C19H19FN4O3/c1-11-7-14(13-4-3-12(20)8-15(13)21-11)18(26)23-5-6-24-16(9-23)19(27)22(2)10-17(24)25/h3-4,7-8,16H,5-6,9-10H2,1-2H3/t16-/m0/s1. The Morgan fingerprint density at radius 2 is 2.00 bits per heavy atom. The number of pyridine rings is 1. The number of amides is 3. The third-order valence-corrected chi connectivity index (χ3v) is 5.15. The Labute approximate surface area is 155 Å². The van der Waals surface area contributed by atoms with Crippen molar-refractivity contribution < 1.29 is 18.8 Å². The molecule has 27 heavy (non-hydrogen) atoms. The molecule has 0 N–H and O–H groups in total. The van der Waals surface area contributed by atoms with Crippen molar-refractivity contribution in [2.75, 3.05) is 33.2 Å². The number of rotatable bonds is 1. The first-order chi connectivity index (χ1) is 12.8. The lowest BCUT2D eigenvalue weighted by Crippen LogP contribution is -2.66. The van der Waals surface area contributed by atoms with Crippen LogP contribution in [-0.2, 0) is 9.59 Å². The van der Waals surface area contributed by atoms with Crippen LogP contribution in [0.4, 0.5) is 4.39 Å². The molecule has 3 heterocycles. The summed E-state index contributed by atoms with van der Waals surface area (Å²) in [4.78, 5) is 46.6. The average Bonchev–Trinajstić information content (AvgIpc) is 2.64. The predicted octanol–water partition coefficient (Wildman–Crippen LogP) is 0.807. The van der Waals surface area contributed by atoms with Crippen LogP contribution in [0.2, 0.25) is 0 Å². The number of hydrogen-bond acceptors (Lipinski definition) is 4. The molecule has 2 aliphatic rings. The number of carbonyl (C=O) groups excluding carboxylic acids is 3. The molecule has 1 aromatic heterocycles. The molecule has 0 aliphatic carbocycles. The largest absolute Gasteiger partial charge is 0.335 e. The highest BCUT2D eigenvalue weighted by molar-refractivity contribution is 6.06. The number of likely N-dealkylation sites (N-methyl/N-ethyl adjacent to an activating group) is 1. The maximum atomic E-state index is 13.5. The number of carbonyl (C=O) groups is 3. The molecule has 0 saturated carbocycles. The second-order valence-electron chi connectivity index (χ2n) is 7.02. The van der Waals surface area contributed by atoms with Crippen LogP contribution >= 0.6 is 0 Å². The molecule has 3 amide bonds. The zero-order valence-corrected chi connectivity index (χ0v) is 15.1. The molecular formula is C19H19FN4O3. The van der Waals surface area contributed by atoms with Gasteiger partial charge in [-0.25, -0.2) is 4.39 Å². The van der Waals surface area contributed by atoms with E-state index in [4.69, 9.17) is 0 Å². The van der Waals surface area contributed by atoms with E-state index in [1.165, 1.54) is 17.0 Å². The van der Waals surface area contributed by atoms with Crippen molar-refractivity contribution in [3.8, 4) is 0 Å². The van der Waals surface area contributed by atoms with Gasteiger partial charge in [-0.15, -0.1) is 0 Å². The Morgan fingerprint density at radius 3 is 2.78 bits per heavy atom. The number of aromatic nitrogens is 1. The van der Waals surface area contributed by atoms with Crippen molar-refractivity contribution in [1.29, 1.82) is 0 Å². The smallest absolute Gasteiger partial charge is 0.254 e. The average molecular weight is 370 g/mol. The number of fused-ring (bicyclic) bond motifs is 2. The number of nitrogens with zero attached hydrogens (tertiary/aromatic N) is 4. The summed E-state index contributed by atoms with van der Waals surface area (Å²) in [6.45, 7) is 2.64. The van der Waals surface area contributed by atoms with Crippen molar-refractivity contribution in [3.05, 3.63) is 41.3 Å². The fraction of sp³-hybridized carbons (Fsp3) is 0.368. The Kier molecular flexibility index (Phi) is 4.05. The van der Waals surface area contributed by atoms with E-state index in [1.807, 2.05) is 0 Å². The Morgan fingerprint density at radius 1 is 1.22 bits per heavy atom. The number of benzene rings is 1. The van der Waals surface area contributed by atoms with E-state index in [9.17, 15) is 18.8 Å². The summed E-state index contributed by atoms with van der Waals surface area (Å²) in [6, 6.07) is 5.17. The maximum absolute atomic E-state index is 13.5. The normalized spacial score (nSPS) is 20.3. The summed E-state index contributed by atoms with van der Waals surface area (Å²) < 4.78 is 13.5. The van der Waals surface area contributed by atoms with Crippen LogP contribution in [0.5, 0.6) is 0 Å². The van der Waals surface area contributed by atoms with Gasteiger partial charge >= 0.3 is 0 Å². The summed E-state index contributed by atoms with van der Waals surface area (Å²) in [6.07, 6.45) is 0. The van der Waals surface area contributed by atoms with E-state index in [2.05, 4.69) is 4.98 Å². The van der Waals surface area contributed by atoms with Crippen LogP contribution in [0.3, 0.4) is 0 Å². The molecule has 140 valence electrons. The molecule has 0 spiro atoms. The van der Waals surface area contributed by atoms with Gasteiger partial charge in [0, 0.05) is 37.3 Å². The molecule has 0 unspecified atom stereocenters. The second-order valence-corrected chi connectivity index (χ2v) is 7.02. The van der Waals surface area contributed by atoms with Gasteiger partial charge in [-0.05, 0) is 25.1 Å². The molecule has 0 radical (unpaired) electrons. The Bertz CT molecular complexity index is 972. The van der Waals surface area contributed by atoms with Crippen molar-refractivity contribution in [1.82, 2.24) is 19.7 Å². The molecule has 1 atom stereocenters. The highest BCUT2D eigenvalue weighted by Gasteiger charge is 2.42. The van der Waals surface area contributed by atoms with Gasteiger partial charge in [0.25, 0.3) is 5.91 Å². The SMILES string of the molecule is Cc1cc(C(=O)N2CCN3C(=O)CN(C)C(=O)[C@@H]3C2)c2ccc(F)cc2n1. The van der Waals surface area contributed by atoms with Gasteiger partial charge in [0.15, 0.2) is 0 Å². The summed E-state index contributed by atoms with van der Waals surface area (Å²) in [7, 11) is 1.59. The van der Waals surface area contributed by atoms with Crippen LogP contribution in [0.25, 0.3) is 10.9 Å². The number of hydrogen-bond donors (Lipinski definition) is 0. The topological polar surface area (TPSA) is 73.8 Å². The van der Waals surface area contributed by atoms with Crippen molar-refractivity contribution >= 4 is 28.6 Å². The first-order valence-corrected chi connectivity index (χ1v) is 8.76. The molecule has 2 fully saturated rings. The zero-order chi connectivity index (χ0) is 19.3. The third kappa shape index (κ3) is 2.90. The quantitative estimate of drug-likeness (QED) is 0.745. The van der Waals surface area contributed by atoms with Crippen LogP contribution in [0, 0.1) is 12.7 Å². The minimum absolute atomic E-state index is 0.0725. The first kappa shape index (κ1) is 17.4. The van der Waals surface area contributed by atoms with Gasteiger partial charge < -0.3 is 14.7 Å². The Hall–Kier alpha value is -3.03. The Balaban J connectivity index is 1.67. The lowest BCUT2D eigenvalue weighted by Gasteiger charge is -2.45. The highest BCUT2D eigenvalue weighted by atomic mass is 19.1. The van der Waals surface area contributed by atoms with E-state index in [1.54, 1.807) is 35.9 Å². The lowest BCUT2D eigenvalue weighted by molar-refractivity contribution is -0.157. The fourth-order valence-electron chi connectivity index (χ4n) is 3.78. The van der Waals surface area contributed by atoms with E-state index in [0.717, 1.165) is 0 Å². The molecule has 4 rings (SSSR count). The molecule has 8 heteroatoms. The number of halogens is 1. The van der Waals surface area contributed by atoms with E-state index >= 15 is 0 Å². The maximum Gasteiger partial charge on any atom is 0.254 e. The van der Waals surface area contributed by atoms with Crippen LogP contribution in [0.1, 0.15) is 16.1 Å². The molecular weight excluding hydrogens is 351 g/mol. The fourth-order valence-corrected chi connectivity index (χ4v) is 3.78. The van der Waals surface area contributed by atoms with Gasteiger partial charge in [-0.1, -0.05) is 0 Å². The van der Waals surface area contributed by atoms with E-state index in [-0.39, 0.29) is 30.8 Å². The highest BCUT2D eigenvalue weighted by Crippen LogP contribution is 2.24. The minimum atomic E-state index is -0.652. The summed E-state index contributed by atoms with van der Waals surface area (Å²) >= 11 is 0. The molecule has 2 aliphatic heterocycles. The van der Waals surface area contributed by atoms with Crippen molar-refractivity contribution in [2.45, 2.75) is 13.0 Å². The number of piperazine rings is 2. The second kappa shape index (κ2) is 6.29. The zero-order valence-electron chi connectivity index (χ0n) is 15.1. The number of aryl methyl sites for hydroxylation is 1. The lowest BCUT2D eigenvalue weighted by atomic mass is 10.0. The van der Waals surface area contributed by atoms with Gasteiger partial charge in [-0.2, -0.15) is 0 Å². The van der Waals surface area contributed by atoms with Gasteiger partial charge in [0.1, 0.15) is 11.9 Å². The van der Waals surface area contributed by atoms with Crippen LogP contribution in [-0.4, -0.2) is 76.7 Å². The molecule has 1 aromatic carbocycles.